The number of rotatable bonds is 6. The van der Waals surface area contributed by atoms with Gasteiger partial charge in [0.2, 0.25) is 5.91 Å². The van der Waals surface area contributed by atoms with Crippen LogP contribution in [0.3, 0.4) is 0 Å². The predicted octanol–water partition coefficient (Wildman–Crippen LogP) is 3.53. The van der Waals surface area contributed by atoms with E-state index < -0.39 is 0 Å². The summed E-state index contributed by atoms with van der Waals surface area (Å²) in [6, 6.07) is 9.67. The van der Waals surface area contributed by atoms with E-state index >= 15 is 0 Å². The summed E-state index contributed by atoms with van der Waals surface area (Å²) < 4.78 is 1.89. The van der Waals surface area contributed by atoms with E-state index in [0.29, 0.717) is 18.2 Å². The topological polar surface area (TPSA) is 81.0 Å². The van der Waals surface area contributed by atoms with Crippen LogP contribution in [-0.4, -0.2) is 38.0 Å². The van der Waals surface area contributed by atoms with Crippen LogP contribution < -0.4 is 4.90 Å². The number of aromatic nitrogens is 4. The number of pyridine rings is 2. The van der Waals surface area contributed by atoms with Gasteiger partial charge in [-0.1, -0.05) is 6.92 Å². The lowest BCUT2D eigenvalue weighted by atomic mass is 10.1. The minimum atomic E-state index is -0.0325. The Morgan fingerprint density at radius 1 is 1.06 bits per heavy atom. The summed E-state index contributed by atoms with van der Waals surface area (Å²) in [7, 11) is 0. The summed E-state index contributed by atoms with van der Waals surface area (Å²) in [5.74, 6) is 1.14. The van der Waals surface area contributed by atoms with Crippen LogP contribution in [0.2, 0.25) is 0 Å². The van der Waals surface area contributed by atoms with Crippen LogP contribution in [0.5, 0.6) is 0 Å². The molecular weight excluding hydrogens is 390 g/mol. The summed E-state index contributed by atoms with van der Waals surface area (Å²) in [4.78, 5) is 35.8. The van der Waals surface area contributed by atoms with Crippen molar-refractivity contribution >= 4 is 17.5 Å². The first-order valence-corrected chi connectivity index (χ1v) is 10.6. The molecule has 0 spiro atoms. The molecule has 0 unspecified atom stereocenters. The number of ketones is 1. The molecule has 0 N–H and O–H groups in total. The van der Waals surface area contributed by atoms with Crippen molar-refractivity contribution in [2.45, 2.75) is 46.6 Å². The smallest absolute Gasteiger partial charge is 0.228 e. The Morgan fingerprint density at radius 3 is 2.65 bits per heavy atom. The maximum absolute atomic E-state index is 12.8. The molecule has 0 fully saturated rings. The van der Waals surface area contributed by atoms with Gasteiger partial charge in [0.15, 0.2) is 0 Å². The van der Waals surface area contributed by atoms with E-state index in [1.54, 1.807) is 17.3 Å². The largest absolute Gasteiger partial charge is 0.299 e. The molecule has 1 aliphatic rings. The van der Waals surface area contributed by atoms with Crippen molar-refractivity contribution < 1.29 is 9.59 Å². The predicted molar refractivity (Wildman–Crippen MR) is 119 cm³/mol. The second-order valence-corrected chi connectivity index (χ2v) is 8.41. The molecule has 3 aromatic heterocycles. The normalized spacial score (nSPS) is 15.6. The Kier molecular flexibility index (Phi) is 5.93. The molecule has 0 aromatic carbocycles. The fourth-order valence-electron chi connectivity index (χ4n) is 3.92. The van der Waals surface area contributed by atoms with E-state index in [1.807, 2.05) is 48.9 Å². The third-order valence-electron chi connectivity index (χ3n) is 5.47. The fourth-order valence-corrected chi connectivity index (χ4v) is 3.92. The van der Waals surface area contributed by atoms with Crippen molar-refractivity contribution in [2.24, 2.45) is 5.92 Å². The van der Waals surface area contributed by atoms with Gasteiger partial charge in [-0.2, -0.15) is 5.10 Å². The van der Waals surface area contributed by atoms with Crippen molar-refractivity contribution in [3.05, 3.63) is 59.7 Å². The van der Waals surface area contributed by atoms with Gasteiger partial charge in [-0.15, -0.1) is 0 Å². The number of Topliss-reactive ketones (excluding diaryl/α,β-unsaturated/α-hetero) is 1. The molecule has 31 heavy (non-hydrogen) atoms. The molecule has 0 bridgehead atoms. The van der Waals surface area contributed by atoms with Gasteiger partial charge < -0.3 is 0 Å². The Balaban J connectivity index is 1.34. The molecule has 1 amide bonds. The number of hydrogen-bond acceptors (Lipinski definition) is 5. The Hall–Kier alpha value is -3.35. The lowest BCUT2D eigenvalue weighted by Crippen LogP contribution is -2.41. The first kappa shape index (κ1) is 20.9. The number of fused-ring (bicyclic) bond motifs is 1. The van der Waals surface area contributed by atoms with Crippen molar-refractivity contribution in [3.8, 4) is 11.3 Å². The summed E-state index contributed by atoms with van der Waals surface area (Å²) >= 11 is 0. The number of carbonyl (C=O) groups is 2. The third-order valence-corrected chi connectivity index (χ3v) is 5.47. The van der Waals surface area contributed by atoms with Crippen molar-refractivity contribution in [1.82, 2.24) is 19.7 Å². The van der Waals surface area contributed by atoms with Gasteiger partial charge in [0.05, 0.1) is 11.4 Å². The van der Waals surface area contributed by atoms with Crippen molar-refractivity contribution in [1.29, 1.82) is 0 Å². The van der Waals surface area contributed by atoms with E-state index in [9.17, 15) is 9.59 Å². The SMILES string of the molecule is Cc1ccnc(-c2ccc(CC(=O)CCC(=O)N3C[C@H](C)Cn4nc(C)cc43)nc2)c1. The minimum Gasteiger partial charge on any atom is -0.299 e. The number of aryl methyl sites for hydroxylation is 2. The molecule has 1 aliphatic heterocycles. The van der Waals surface area contributed by atoms with Gasteiger partial charge in [-0.3, -0.25) is 24.5 Å². The number of nitrogens with zero attached hydrogens (tertiary/aromatic N) is 5. The maximum Gasteiger partial charge on any atom is 0.228 e. The molecular formula is C24H27N5O2. The highest BCUT2D eigenvalue weighted by Gasteiger charge is 2.27. The summed E-state index contributed by atoms with van der Waals surface area (Å²) in [5.41, 5.74) is 4.51. The lowest BCUT2D eigenvalue weighted by molar-refractivity contribution is -0.123. The van der Waals surface area contributed by atoms with E-state index in [1.165, 1.54) is 0 Å². The highest BCUT2D eigenvalue weighted by molar-refractivity contribution is 5.95. The molecule has 4 rings (SSSR count). The summed E-state index contributed by atoms with van der Waals surface area (Å²) in [5, 5.41) is 4.46. The van der Waals surface area contributed by atoms with Gasteiger partial charge in [0, 0.05) is 62.1 Å². The second kappa shape index (κ2) is 8.79. The van der Waals surface area contributed by atoms with Crippen LogP contribution in [0, 0.1) is 19.8 Å². The molecule has 0 radical (unpaired) electrons. The molecule has 7 nitrogen and oxygen atoms in total. The molecule has 3 aromatic rings. The molecule has 1 atom stereocenters. The average Bonchev–Trinajstić information content (AvgIpc) is 3.11. The molecule has 160 valence electrons. The molecule has 7 heteroatoms. The summed E-state index contributed by atoms with van der Waals surface area (Å²) in [6.45, 7) is 7.52. The standard InChI is InChI=1S/C24H27N5O2/c1-16-8-9-25-22(10-16)19-4-5-20(26-13-19)12-21(30)6-7-24(31)28-14-17(2)15-29-23(28)11-18(3)27-29/h4-5,8-11,13,17H,6-7,12,14-15H2,1-3H3/t17-/m0/s1. The van der Waals surface area contributed by atoms with Gasteiger partial charge >= 0.3 is 0 Å². The zero-order valence-electron chi connectivity index (χ0n) is 18.2. The molecule has 4 heterocycles. The number of carbonyl (C=O) groups excluding carboxylic acids is 2. The first-order chi connectivity index (χ1) is 14.9. The third kappa shape index (κ3) is 4.87. The van der Waals surface area contributed by atoms with Gasteiger partial charge in [0.1, 0.15) is 11.6 Å². The zero-order valence-corrected chi connectivity index (χ0v) is 18.2. The average molecular weight is 418 g/mol. The van der Waals surface area contributed by atoms with Crippen LogP contribution in [0.1, 0.15) is 36.7 Å². The fraction of sp³-hybridized carbons (Fsp3) is 0.375. The van der Waals surface area contributed by atoms with Crippen LogP contribution in [0.25, 0.3) is 11.3 Å². The minimum absolute atomic E-state index is 0.0111. The molecule has 0 aliphatic carbocycles. The zero-order chi connectivity index (χ0) is 22.0. The van der Waals surface area contributed by atoms with E-state index in [4.69, 9.17) is 0 Å². The lowest BCUT2D eigenvalue weighted by Gasteiger charge is -2.31. The van der Waals surface area contributed by atoms with Crippen LogP contribution in [0.4, 0.5) is 5.82 Å². The van der Waals surface area contributed by atoms with Crippen LogP contribution >= 0.6 is 0 Å². The second-order valence-electron chi connectivity index (χ2n) is 8.41. The van der Waals surface area contributed by atoms with Crippen molar-refractivity contribution in [2.75, 3.05) is 11.4 Å². The van der Waals surface area contributed by atoms with Crippen molar-refractivity contribution in [3.63, 3.8) is 0 Å². The maximum atomic E-state index is 12.8. The van der Waals surface area contributed by atoms with Gasteiger partial charge in [0.25, 0.3) is 0 Å². The van der Waals surface area contributed by atoms with E-state index in [2.05, 4.69) is 22.0 Å². The number of anilines is 1. The summed E-state index contributed by atoms with van der Waals surface area (Å²) in [6.07, 6.45) is 4.15. The first-order valence-electron chi connectivity index (χ1n) is 10.6. The monoisotopic (exact) mass is 417 g/mol. The highest BCUT2D eigenvalue weighted by Crippen LogP contribution is 2.25. The van der Waals surface area contributed by atoms with E-state index in [-0.39, 0.29) is 31.0 Å². The molecule has 0 saturated heterocycles. The molecule has 0 saturated carbocycles. The Bertz CT molecular complexity index is 1100. The highest BCUT2D eigenvalue weighted by atomic mass is 16.2. The quantitative estimate of drug-likeness (QED) is 0.613. The van der Waals surface area contributed by atoms with Gasteiger partial charge in [-0.25, -0.2) is 4.68 Å². The number of hydrogen-bond donors (Lipinski definition) is 0. The van der Waals surface area contributed by atoms with Gasteiger partial charge in [-0.05, 0) is 49.6 Å². The van der Waals surface area contributed by atoms with Crippen LogP contribution in [-0.2, 0) is 22.6 Å². The van der Waals surface area contributed by atoms with Crippen LogP contribution in [0.15, 0.2) is 42.7 Å². The Labute approximate surface area is 182 Å². The van der Waals surface area contributed by atoms with E-state index in [0.717, 1.165) is 34.9 Å². The number of amides is 1. The Morgan fingerprint density at radius 2 is 1.90 bits per heavy atom.